The minimum absolute atomic E-state index is 0.0894. The number of amides is 2. The predicted molar refractivity (Wildman–Crippen MR) is 101 cm³/mol. The van der Waals surface area contributed by atoms with Crippen molar-refractivity contribution in [2.45, 2.75) is 89.3 Å². The second-order valence-corrected chi connectivity index (χ2v) is 7.93. The van der Waals surface area contributed by atoms with Gasteiger partial charge in [-0.1, -0.05) is 51.9 Å². The number of carbonyl (C=O) groups excluding carboxylic acids is 3. The van der Waals surface area contributed by atoms with Gasteiger partial charge in [-0.2, -0.15) is 0 Å². The van der Waals surface area contributed by atoms with Crippen LogP contribution >= 0.6 is 0 Å². The van der Waals surface area contributed by atoms with E-state index in [-0.39, 0.29) is 30.7 Å². The number of nitrogens with one attached hydrogen (secondary N) is 1. The monoisotopic (exact) mass is 382 g/mol. The van der Waals surface area contributed by atoms with Crippen LogP contribution in [0.1, 0.15) is 71.1 Å². The molecule has 0 aliphatic carbocycles. The Bertz CT molecular complexity index is 525. The zero-order valence-corrected chi connectivity index (χ0v) is 16.6. The lowest BCUT2D eigenvalue weighted by Crippen LogP contribution is -2.52. The Morgan fingerprint density at radius 1 is 1.07 bits per heavy atom. The summed E-state index contributed by atoms with van der Waals surface area (Å²) in [4.78, 5) is 39.2. The van der Waals surface area contributed by atoms with Gasteiger partial charge in [-0.05, 0) is 12.8 Å². The van der Waals surface area contributed by atoms with Gasteiger partial charge in [-0.15, -0.1) is 0 Å². The first-order valence-corrected chi connectivity index (χ1v) is 10.3. The van der Waals surface area contributed by atoms with E-state index >= 15 is 0 Å². The number of aliphatic hydroxyl groups is 1. The van der Waals surface area contributed by atoms with Crippen molar-refractivity contribution in [1.29, 1.82) is 0 Å². The van der Waals surface area contributed by atoms with Crippen molar-refractivity contribution in [2.75, 3.05) is 13.7 Å². The van der Waals surface area contributed by atoms with E-state index in [9.17, 15) is 19.5 Å². The number of esters is 1. The molecular formula is C20H34N2O5. The summed E-state index contributed by atoms with van der Waals surface area (Å²) in [5.74, 6) is -1.10. The SMILES string of the molecule is COC(=O)C1CCCCCCCCC[C@H](C)C(=O)N2C[C@@H](O)C[C@H]2C(=O)N1. The molecule has 2 aliphatic heterocycles. The van der Waals surface area contributed by atoms with E-state index in [4.69, 9.17) is 4.74 Å². The van der Waals surface area contributed by atoms with Crippen LogP contribution in [0.4, 0.5) is 0 Å². The molecular weight excluding hydrogens is 348 g/mol. The topological polar surface area (TPSA) is 95.9 Å². The Kier molecular flexibility index (Phi) is 8.54. The normalized spacial score (nSPS) is 31.9. The van der Waals surface area contributed by atoms with Crippen LogP contribution < -0.4 is 5.32 Å². The summed E-state index contributed by atoms with van der Waals surface area (Å²) in [6.45, 7) is 2.06. The molecule has 0 spiro atoms. The molecule has 2 aliphatic rings. The van der Waals surface area contributed by atoms with Crippen LogP contribution in [0.5, 0.6) is 0 Å². The molecule has 27 heavy (non-hydrogen) atoms. The molecule has 2 saturated heterocycles. The summed E-state index contributed by atoms with van der Waals surface area (Å²) in [5.41, 5.74) is 0. The standard InChI is InChI=1S/C20H34N2O5/c1-14-10-8-6-4-3-5-7-9-11-16(20(26)27-2)21-18(24)17-12-15(23)13-22(17)19(14)25/h14-17,23H,3-13H2,1-2H3,(H,21,24)/t14-,15-,16?,17-/m0/s1. The zero-order chi connectivity index (χ0) is 19.8. The van der Waals surface area contributed by atoms with Crippen molar-refractivity contribution in [2.24, 2.45) is 5.92 Å². The Morgan fingerprint density at radius 2 is 1.67 bits per heavy atom. The maximum absolute atomic E-state index is 12.8. The third-order valence-electron chi connectivity index (χ3n) is 5.72. The molecule has 0 saturated carbocycles. The Balaban J connectivity index is 2.14. The Hall–Kier alpha value is -1.63. The van der Waals surface area contributed by atoms with Gasteiger partial charge in [0.1, 0.15) is 12.1 Å². The van der Waals surface area contributed by atoms with Crippen LogP contribution in [-0.2, 0) is 19.1 Å². The average Bonchev–Trinajstić information content (AvgIpc) is 3.05. The molecule has 0 bridgehead atoms. The van der Waals surface area contributed by atoms with E-state index in [1.54, 1.807) is 0 Å². The van der Waals surface area contributed by atoms with E-state index in [1.165, 1.54) is 12.0 Å². The lowest BCUT2D eigenvalue weighted by molar-refractivity contribution is -0.147. The maximum Gasteiger partial charge on any atom is 0.328 e. The van der Waals surface area contributed by atoms with Gasteiger partial charge in [0, 0.05) is 18.9 Å². The van der Waals surface area contributed by atoms with Gasteiger partial charge in [0.2, 0.25) is 11.8 Å². The van der Waals surface area contributed by atoms with Crippen LogP contribution in [-0.4, -0.2) is 59.6 Å². The number of ether oxygens (including phenoxy) is 1. The number of hydrogen-bond donors (Lipinski definition) is 2. The molecule has 1 unspecified atom stereocenters. The molecule has 0 aromatic carbocycles. The van der Waals surface area contributed by atoms with Crippen molar-refractivity contribution in [3.8, 4) is 0 Å². The summed E-state index contributed by atoms with van der Waals surface area (Å²) < 4.78 is 4.83. The molecule has 2 heterocycles. The highest BCUT2D eigenvalue weighted by atomic mass is 16.5. The average molecular weight is 383 g/mol. The lowest BCUT2D eigenvalue weighted by Gasteiger charge is -2.28. The fraction of sp³-hybridized carbons (Fsp3) is 0.850. The van der Waals surface area contributed by atoms with Gasteiger partial charge in [0.25, 0.3) is 0 Å². The first-order chi connectivity index (χ1) is 12.9. The predicted octanol–water partition coefficient (Wildman–Crippen LogP) is 1.77. The number of aliphatic hydroxyl groups excluding tert-OH is 1. The van der Waals surface area contributed by atoms with Gasteiger partial charge >= 0.3 is 5.97 Å². The molecule has 0 radical (unpaired) electrons. The van der Waals surface area contributed by atoms with Gasteiger partial charge < -0.3 is 20.1 Å². The summed E-state index contributed by atoms with van der Waals surface area (Å²) in [7, 11) is 1.31. The van der Waals surface area contributed by atoms with Crippen LogP contribution in [0, 0.1) is 5.92 Å². The van der Waals surface area contributed by atoms with Crippen LogP contribution in [0.25, 0.3) is 0 Å². The van der Waals surface area contributed by atoms with Gasteiger partial charge in [0.05, 0.1) is 13.2 Å². The fourth-order valence-corrected chi connectivity index (χ4v) is 4.05. The summed E-state index contributed by atoms with van der Waals surface area (Å²) >= 11 is 0. The molecule has 2 amide bonds. The molecule has 2 rings (SSSR count). The van der Waals surface area contributed by atoms with Gasteiger partial charge in [0.15, 0.2) is 0 Å². The molecule has 2 fully saturated rings. The summed E-state index contributed by atoms with van der Waals surface area (Å²) in [5, 5.41) is 12.8. The van der Waals surface area contributed by atoms with Crippen molar-refractivity contribution in [1.82, 2.24) is 10.2 Å². The molecule has 2 N–H and O–H groups in total. The molecule has 0 aromatic heterocycles. The number of methoxy groups -OCH3 is 1. The van der Waals surface area contributed by atoms with E-state index in [2.05, 4.69) is 5.32 Å². The van der Waals surface area contributed by atoms with Gasteiger partial charge in [-0.25, -0.2) is 4.79 Å². The summed E-state index contributed by atoms with van der Waals surface area (Å²) in [6, 6.07) is -1.43. The third kappa shape index (κ3) is 6.19. The largest absolute Gasteiger partial charge is 0.467 e. The quantitative estimate of drug-likeness (QED) is 0.674. The highest BCUT2D eigenvalue weighted by molar-refractivity contribution is 5.91. The molecule has 0 aromatic rings. The summed E-state index contributed by atoms with van der Waals surface area (Å²) in [6.07, 6.45) is 8.20. The number of hydrogen-bond acceptors (Lipinski definition) is 5. The van der Waals surface area contributed by atoms with Gasteiger partial charge in [-0.3, -0.25) is 9.59 Å². The van der Waals surface area contributed by atoms with Crippen LogP contribution in [0.3, 0.4) is 0 Å². The van der Waals surface area contributed by atoms with Crippen molar-refractivity contribution in [3.05, 3.63) is 0 Å². The smallest absolute Gasteiger partial charge is 0.328 e. The third-order valence-corrected chi connectivity index (χ3v) is 5.72. The number of rotatable bonds is 1. The van der Waals surface area contributed by atoms with E-state index in [0.717, 1.165) is 51.4 Å². The fourth-order valence-electron chi connectivity index (χ4n) is 4.05. The first kappa shape index (κ1) is 21.7. The molecule has 4 atom stereocenters. The van der Waals surface area contributed by atoms with E-state index < -0.39 is 24.2 Å². The van der Waals surface area contributed by atoms with Crippen molar-refractivity contribution >= 4 is 17.8 Å². The zero-order valence-electron chi connectivity index (χ0n) is 16.6. The highest BCUT2D eigenvalue weighted by Gasteiger charge is 2.41. The number of carbonyl (C=O) groups is 3. The maximum atomic E-state index is 12.8. The second kappa shape index (κ2) is 10.6. The van der Waals surface area contributed by atoms with E-state index in [0.29, 0.717) is 6.42 Å². The minimum atomic E-state index is -0.727. The molecule has 7 nitrogen and oxygen atoms in total. The Labute approximate surface area is 161 Å². The van der Waals surface area contributed by atoms with Crippen LogP contribution in [0.15, 0.2) is 0 Å². The number of nitrogens with zero attached hydrogens (tertiary/aromatic N) is 1. The number of fused-ring (bicyclic) bond motifs is 1. The van der Waals surface area contributed by atoms with E-state index in [1.807, 2.05) is 6.92 Å². The molecule has 7 heteroatoms. The lowest BCUT2D eigenvalue weighted by atomic mass is 9.99. The Morgan fingerprint density at radius 3 is 2.30 bits per heavy atom. The highest BCUT2D eigenvalue weighted by Crippen LogP contribution is 2.24. The van der Waals surface area contributed by atoms with Crippen molar-refractivity contribution in [3.63, 3.8) is 0 Å². The minimum Gasteiger partial charge on any atom is -0.467 e. The second-order valence-electron chi connectivity index (χ2n) is 7.93. The van der Waals surface area contributed by atoms with Crippen molar-refractivity contribution < 1.29 is 24.2 Å². The van der Waals surface area contributed by atoms with Crippen LogP contribution in [0.2, 0.25) is 0 Å². The molecule has 154 valence electrons. The first-order valence-electron chi connectivity index (χ1n) is 10.3.